The molecule has 2 saturated heterocycles. The normalized spacial score (nSPS) is 23.7. The molecule has 3 aromatic rings. The summed E-state index contributed by atoms with van der Waals surface area (Å²) in [7, 11) is 2.25. The molecule has 4 nitrogen and oxygen atoms in total. The summed E-state index contributed by atoms with van der Waals surface area (Å²) < 4.78 is 7.15. The van der Waals surface area contributed by atoms with Gasteiger partial charge in [0, 0.05) is 25.2 Å². The average molecular weight is 422 g/mol. The summed E-state index contributed by atoms with van der Waals surface area (Å²) in [5, 5.41) is 1.17. The molecular weight excluding hydrogens is 390 g/mol. The van der Waals surface area contributed by atoms with Crippen molar-refractivity contribution in [2.24, 2.45) is 0 Å². The van der Waals surface area contributed by atoms with Crippen molar-refractivity contribution in [1.82, 2.24) is 9.88 Å². The van der Waals surface area contributed by atoms with Crippen LogP contribution in [0.2, 0.25) is 0 Å². The van der Waals surface area contributed by atoms with E-state index in [-0.39, 0.29) is 0 Å². The van der Waals surface area contributed by atoms with Crippen molar-refractivity contribution in [3.8, 4) is 5.75 Å². The van der Waals surface area contributed by atoms with Gasteiger partial charge < -0.3 is 9.64 Å². The molecule has 0 aliphatic carbocycles. The van der Waals surface area contributed by atoms with E-state index in [0.717, 1.165) is 36.4 Å². The number of rotatable bonds is 8. The maximum Gasteiger partial charge on any atom is 0.186 e. The lowest BCUT2D eigenvalue weighted by atomic mass is 9.96. The van der Waals surface area contributed by atoms with Gasteiger partial charge in [0.05, 0.1) is 16.8 Å². The zero-order chi connectivity index (χ0) is 20.3. The third kappa shape index (κ3) is 4.19. The number of para-hydroxylation sites is 2. The summed E-state index contributed by atoms with van der Waals surface area (Å²) in [5.74, 6) is 0.983. The van der Waals surface area contributed by atoms with E-state index in [1.54, 1.807) is 0 Å². The Balaban J connectivity index is 1.12. The van der Waals surface area contributed by atoms with Gasteiger partial charge in [0.25, 0.3) is 0 Å². The van der Waals surface area contributed by atoms with Gasteiger partial charge in [-0.05, 0) is 69.3 Å². The number of ether oxygens (including phenoxy) is 1. The first-order chi connectivity index (χ1) is 14.8. The third-order valence-electron chi connectivity index (χ3n) is 6.81. The predicted molar refractivity (Wildman–Crippen MR) is 126 cm³/mol. The highest BCUT2D eigenvalue weighted by molar-refractivity contribution is 7.22. The van der Waals surface area contributed by atoms with Crippen LogP contribution in [0.5, 0.6) is 5.75 Å². The quantitative estimate of drug-likeness (QED) is 0.444. The summed E-state index contributed by atoms with van der Waals surface area (Å²) in [6, 6.07) is 20.7. The molecule has 2 unspecified atom stereocenters. The maximum atomic E-state index is 5.86. The Morgan fingerprint density at radius 2 is 1.73 bits per heavy atom. The van der Waals surface area contributed by atoms with E-state index in [2.05, 4.69) is 41.1 Å². The minimum absolute atomic E-state index is 0.612. The molecule has 0 spiro atoms. The molecule has 2 fully saturated rings. The molecule has 2 atom stereocenters. The Hall–Kier alpha value is -2.11. The topological polar surface area (TPSA) is 28.6 Å². The van der Waals surface area contributed by atoms with Crippen LogP contribution >= 0.6 is 11.3 Å². The Bertz CT molecular complexity index is 912. The lowest BCUT2D eigenvalue weighted by Gasteiger charge is -2.42. The van der Waals surface area contributed by atoms with E-state index < -0.39 is 0 Å². The standard InChI is InChI=1S/C25H31N3OS/c1-27(25-26-23-11-5-6-12-24(23)30-25)21-17-19-13-14-20(18-21)28(19)15-7-8-16-29-22-9-3-2-4-10-22/h2-6,9-12,19-21H,7-8,13-18H2,1H3. The van der Waals surface area contributed by atoms with Gasteiger partial charge in [-0.2, -0.15) is 0 Å². The third-order valence-corrected chi connectivity index (χ3v) is 7.94. The van der Waals surface area contributed by atoms with Crippen molar-refractivity contribution in [2.75, 3.05) is 25.1 Å². The summed E-state index contributed by atoms with van der Waals surface area (Å²) in [6.45, 7) is 2.03. The molecule has 3 heterocycles. The number of piperidine rings is 1. The monoisotopic (exact) mass is 421 g/mol. The number of fused-ring (bicyclic) bond motifs is 3. The predicted octanol–water partition coefficient (Wildman–Crippen LogP) is 5.59. The summed E-state index contributed by atoms with van der Waals surface area (Å²) in [4.78, 5) is 10.1. The van der Waals surface area contributed by atoms with Crippen LogP contribution in [0.15, 0.2) is 54.6 Å². The van der Waals surface area contributed by atoms with Crippen molar-refractivity contribution in [3.63, 3.8) is 0 Å². The molecule has 158 valence electrons. The van der Waals surface area contributed by atoms with Gasteiger partial charge in [0.15, 0.2) is 5.13 Å². The average Bonchev–Trinajstić information content (AvgIpc) is 3.31. The Morgan fingerprint density at radius 3 is 2.50 bits per heavy atom. The molecule has 0 N–H and O–H groups in total. The van der Waals surface area contributed by atoms with E-state index in [1.807, 2.05) is 41.7 Å². The van der Waals surface area contributed by atoms with Gasteiger partial charge in [-0.15, -0.1) is 0 Å². The van der Waals surface area contributed by atoms with Gasteiger partial charge in [0.1, 0.15) is 5.75 Å². The molecule has 30 heavy (non-hydrogen) atoms. The van der Waals surface area contributed by atoms with E-state index in [9.17, 15) is 0 Å². The van der Waals surface area contributed by atoms with Crippen molar-refractivity contribution < 1.29 is 4.74 Å². The van der Waals surface area contributed by atoms with Crippen LogP contribution in [-0.4, -0.2) is 48.2 Å². The Labute approximate surface area is 183 Å². The van der Waals surface area contributed by atoms with Crippen LogP contribution < -0.4 is 9.64 Å². The summed E-state index contributed by atoms with van der Waals surface area (Å²) >= 11 is 1.83. The second-order valence-electron chi connectivity index (χ2n) is 8.69. The fraction of sp³-hybridized carbons (Fsp3) is 0.480. The van der Waals surface area contributed by atoms with Crippen LogP contribution in [0.3, 0.4) is 0 Å². The number of thiazole rings is 1. The lowest BCUT2D eigenvalue weighted by Crippen LogP contribution is -2.49. The molecule has 5 heteroatoms. The molecule has 2 bridgehead atoms. The minimum atomic E-state index is 0.612. The van der Waals surface area contributed by atoms with E-state index >= 15 is 0 Å². The number of aromatic nitrogens is 1. The minimum Gasteiger partial charge on any atom is -0.494 e. The molecular formula is C25H31N3OS. The second-order valence-corrected chi connectivity index (χ2v) is 9.70. The van der Waals surface area contributed by atoms with Crippen LogP contribution in [0, 0.1) is 0 Å². The Kier molecular flexibility index (Phi) is 5.91. The lowest BCUT2D eigenvalue weighted by molar-refractivity contribution is 0.122. The van der Waals surface area contributed by atoms with E-state index in [0.29, 0.717) is 6.04 Å². The van der Waals surface area contributed by atoms with Crippen LogP contribution in [0.25, 0.3) is 10.2 Å². The Morgan fingerprint density at radius 1 is 1.00 bits per heavy atom. The first-order valence-electron chi connectivity index (χ1n) is 11.3. The number of hydrogen-bond donors (Lipinski definition) is 0. The van der Waals surface area contributed by atoms with Crippen molar-refractivity contribution >= 4 is 26.7 Å². The van der Waals surface area contributed by atoms with Gasteiger partial charge in [-0.25, -0.2) is 4.98 Å². The molecule has 5 rings (SSSR count). The van der Waals surface area contributed by atoms with Crippen LogP contribution in [0.1, 0.15) is 38.5 Å². The molecule has 1 aromatic heterocycles. The second kappa shape index (κ2) is 8.94. The molecule has 2 aliphatic rings. The highest BCUT2D eigenvalue weighted by Crippen LogP contribution is 2.39. The molecule has 0 radical (unpaired) electrons. The fourth-order valence-electron chi connectivity index (χ4n) is 5.20. The van der Waals surface area contributed by atoms with Gasteiger partial charge in [0.2, 0.25) is 0 Å². The van der Waals surface area contributed by atoms with E-state index in [4.69, 9.17) is 9.72 Å². The molecule has 0 amide bonds. The first kappa shape index (κ1) is 19.8. The highest BCUT2D eigenvalue weighted by atomic mass is 32.1. The smallest absolute Gasteiger partial charge is 0.186 e. The molecule has 2 aliphatic heterocycles. The zero-order valence-corrected chi connectivity index (χ0v) is 18.6. The first-order valence-corrected chi connectivity index (χ1v) is 12.1. The van der Waals surface area contributed by atoms with E-state index in [1.165, 1.54) is 48.5 Å². The van der Waals surface area contributed by atoms with Gasteiger partial charge in [-0.1, -0.05) is 41.7 Å². The SMILES string of the molecule is CN(c1nc2ccccc2s1)C1CC2CCC(C1)N2CCCCOc1ccccc1. The van der Waals surface area contributed by atoms with Crippen LogP contribution in [0.4, 0.5) is 5.13 Å². The zero-order valence-electron chi connectivity index (χ0n) is 17.7. The highest BCUT2D eigenvalue weighted by Gasteiger charge is 2.41. The van der Waals surface area contributed by atoms with Crippen molar-refractivity contribution in [3.05, 3.63) is 54.6 Å². The number of hydrogen-bond acceptors (Lipinski definition) is 5. The number of anilines is 1. The van der Waals surface area contributed by atoms with Crippen molar-refractivity contribution in [2.45, 2.75) is 56.7 Å². The maximum absolute atomic E-state index is 5.86. The molecule has 0 saturated carbocycles. The summed E-state index contributed by atoms with van der Waals surface area (Å²) in [6.07, 6.45) is 7.59. The number of unbranched alkanes of at least 4 members (excludes halogenated alkanes) is 1. The molecule has 2 aromatic carbocycles. The van der Waals surface area contributed by atoms with Gasteiger partial charge in [-0.3, -0.25) is 4.90 Å². The fourth-order valence-corrected chi connectivity index (χ4v) is 6.20. The largest absolute Gasteiger partial charge is 0.494 e. The summed E-state index contributed by atoms with van der Waals surface area (Å²) in [5.41, 5.74) is 1.13. The van der Waals surface area contributed by atoms with Gasteiger partial charge >= 0.3 is 0 Å². The van der Waals surface area contributed by atoms with Crippen LogP contribution in [-0.2, 0) is 0 Å². The number of nitrogens with zero attached hydrogens (tertiary/aromatic N) is 3. The number of benzene rings is 2. The van der Waals surface area contributed by atoms with Crippen molar-refractivity contribution in [1.29, 1.82) is 0 Å².